The van der Waals surface area contributed by atoms with E-state index in [1.807, 2.05) is 0 Å². The molecule has 1 aliphatic rings. The van der Waals surface area contributed by atoms with Crippen molar-refractivity contribution in [2.75, 3.05) is 32.4 Å². The van der Waals surface area contributed by atoms with Crippen molar-refractivity contribution in [2.45, 2.75) is 19.4 Å². The molecule has 1 aliphatic heterocycles. The standard InChI is InChI=1S/C10H19N3O5S/c1-10(2,8(14)15)11-9(16)12-4-6-13(7-5-12)19(3,17)18/h4-7H2,1-3H3,(H,11,16)(H,14,15). The first-order chi connectivity index (χ1) is 8.54. The number of piperazine rings is 1. The Labute approximate surface area is 112 Å². The van der Waals surface area contributed by atoms with Crippen LogP contribution in [0.3, 0.4) is 0 Å². The molecular weight excluding hydrogens is 274 g/mol. The summed E-state index contributed by atoms with van der Waals surface area (Å²) in [6.45, 7) is 3.71. The van der Waals surface area contributed by atoms with E-state index in [0.29, 0.717) is 0 Å². The van der Waals surface area contributed by atoms with E-state index < -0.39 is 27.6 Å². The summed E-state index contributed by atoms with van der Waals surface area (Å²) in [5, 5.41) is 11.3. The van der Waals surface area contributed by atoms with Crippen LogP contribution in [-0.4, -0.2) is 72.7 Å². The van der Waals surface area contributed by atoms with Gasteiger partial charge in [-0.1, -0.05) is 0 Å². The van der Waals surface area contributed by atoms with Crippen LogP contribution in [0, 0.1) is 0 Å². The highest BCUT2D eigenvalue weighted by Crippen LogP contribution is 2.08. The number of hydrogen-bond donors (Lipinski definition) is 2. The van der Waals surface area contributed by atoms with Crippen LogP contribution in [0.5, 0.6) is 0 Å². The zero-order chi connectivity index (χ0) is 14.8. The van der Waals surface area contributed by atoms with E-state index in [0.717, 1.165) is 6.26 Å². The molecule has 0 unspecified atom stereocenters. The van der Waals surface area contributed by atoms with Crippen molar-refractivity contribution in [3.05, 3.63) is 0 Å². The monoisotopic (exact) mass is 293 g/mol. The predicted octanol–water partition coefficient (Wildman–Crippen LogP) is -0.864. The third-order valence-corrected chi connectivity index (χ3v) is 4.25. The van der Waals surface area contributed by atoms with Gasteiger partial charge in [0.25, 0.3) is 0 Å². The summed E-state index contributed by atoms with van der Waals surface area (Å²) in [6.07, 6.45) is 1.12. The average Bonchev–Trinajstić information content (AvgIpc) is 2.27. The van der Waals surface area contributed by atoms with Gasteiger partial charge >= 0.3 is 12.0 Å². The molecule has 0 aliphatic carbocycles. The van der Waals surface area contributed by atoms with Crippen LogP contribution >= 0.6 is 0 Å². The van der Waals surface area contributed by atoms with Crippen molar-refractivity contribution in [3.63, 3.8) is 0 Å². The maximum atomic E-state index is 11.9. The van der Waals surface area contributed by atoms with Crippen molar-refractivity contribution >= 4 is 22.0 Å². The van der Waals surface area contributed by atoms with E-state index in [-0.39, 0.29) is 26.2 Å². The lowest BCUT2D eigenvalue weighted by Gasteiger charge is -2.35. The maximum absolute atomic E-state index is 11.9. The third kappa shape index (κ3) is 4.06. The van der Waals surface area contributed by atoms with Crippen molar-refractivity contribution in [1.82, 2.24) is 14.5 Å². The number of sulfonamides is 1. The van der Waals surface area contributed by atoms with Gasteiger partial charge in [0.2, 0.25) is 10.0 Å². The fourth-order valence-electron chi connectivity index (χ4n) is 1.62. The molecule has 19 heavy (non-hydrogen) atoms. The quantitative estimate of drug-likeness (QED) is 0.704. The minimum Gasteiger partial charge on any atom is -0.480 e. The van der Waals surface area contributed by atoms with Crippen LogP contribution in [0.1, 0.15) is 13.8 Å². The fourth-order valence-corrected chi connectivity index (χ4v) is 2.45. The van der Waals surface area contributed by atoms with Crippen molar-refractivity contribution in [1.29, 1.82) is 0 Å². The SMILES string of the molecule is CC(C)(NC(=O)N1CCN(S(C)(=O)=O)CC1)C(=O)O. The Balaban J connectivity index is 2.57. The maximum Gasteiger partial charge on any atom is 0.328 e. The number of nitrogens with one attached hydrogen (secondary N) is 1. The van der Waals surface area contributed by atoms with E-state index in [1.165, 1.54) is 23.1 Å². The Morgan fingerprint density at radius 1 is 1.16 bits per heavy atom. The summed E-state index contributed by atoms with van der Waals surface area (Å²) in [6, 6.07) is -0.499. The molecule has 2 N–H and O–H groups in total. The first-order valence-corrected chi connectivity index (χ1v) is 7.64. The number of carboxylic acids is 1. The highest BCUT2D eigenvalue weighted by molar-refractivity contribution is 7.88. The van der Waals surface area contributed by atoms with Crippen LogP contribution in [0.4, 0.5) is 4.79 Å². The topological polar surface area (TPSA) is 107 Å². The van der Waals surface area contributed by atoms with Gasteiger partial charge in [0.15, 0.2) is 0 Å². The molecule has 1 saturated heterocycles. The minimum absolute atomic E-state index is 0.222. The molecule has 0 aromatic heterocycles. The zero-order valence-electron chi connectivity index (χ0n) is 11.2. The molecule has 8 nitrogen and oxygen atoms in total. The number of hydrogen-bond acceptors (Lipinski definition) is 4. The van der Waals surface area contributed by atoms with Crippen LogP contribution in [-0.2, 0) is 14.8 Å². The first-order valence-electron chi connectivity index (χ1n) is 5.79. The van der Waals surface area contributed by atoms with Gasteiger partial charge < -0.3 is 15.3 Å². The van der Waals surface area contributed by atoms with E-state index >= 15 is 0 Å². The number of carboxylic acid groups (broad SMARTS) is 1. The molecule has 1 fully saturated rings. The largest absolute Gasteiger partial charge is 0.480 e. The summed E-state index contributed by atoms with van der Waals surface area (Å²) in [5.74, 6) is -1.13. The lowest BCUT2D eigenvalue weighted by Crippen LogP contribution is -2.58. The van der Waals surface area contributed by atoms with E-state index in [2.05, 4.69) is 5.32 Å². The Morgan fingerprint density at radius 2 is 1.63 bits per heavy atom. The molecule has 0 spiro atoms. The molecular formula is C10H19N3O5S. The molecule has 0 atom stereocenters. The molecule has 1 rings (SSSR count). The molecule has 110 valence electrons. The molecule has 0 aromatic carbocycles. The van der Waals surface area contributed by atoms with Crippen LogP contribution in [0.15, 0.2) is 0 Å². The van der Waals surface area contributed by atoms with Crippen molar-refractivity contribution in [3.8, 4) is 0 Å². The van der Waals surface area contributed by atoms with Gasteiger partial charge in [-0.25, -0.2) is 18.0 Å². The second-order valence-corrected chi connectivity index (χ2v) is 6.99. The van der Waals surface area contributed by atoms with Gasteiger partial charge in [-0.2, -0.15) is 4.31 Å². The molecule has 2 amide bonds. The summed E-state index contributed by atoms with van der Waals surface area (Å²) < 4.78 is 23.9. The highest BCUT2D eigenvalue weighted by Gasteiger charge is 2.32. The number of amides is 2. The lowest BCUT2D eigenvalue weighted by molar-refractivity contribution is -0.143. The van der Waals surface area contributed by atoms with E-state index in [1.54, 1.807) is 0 Å². The number of carbonyl (C=O) groups excluding carboxylic acids is 1. The average molecular weight is 293 g/mol. The number of aliphatic carboxylic acids is 1. The van der Waals surface area contributed by atoms with Gasteiger partial charge in [-0.3, -0.25) is 0 Å². The van der Waals surface area contributed by atoms with E-state index in [9.17, 15) is 18.0 Å². The second-order valence-electron chi connectivity index (χ2n) is 5.01. The van der Waals surface area contributed by atoms with Crippen molar-refractivity contribution in [2.24, 2.45) is 0 Å². The molecule has 1 heterocycles. The number of nitrogens with zero attached hydrogens (tertiary/aromatic N) is 2. The molecule has 0 aromatic rings. The molecule has 0 bridgehead atoms. The Bertz CT molecular complexity index is 466. The van der Waals surface area contributed by atoms with Crippen LogP contribution < -0.4 is 5.32 Å². The second kappa shape index (κ2) is 5.33. The number of urea groups is 1. The lowest BCUT2D eigenvalue weighted by atomic mass is 10.1. The summed E-state index contributed by atoms with van der Waals surface area (Å²) in [7, 11) is -3.24. The summed E-state index contributed by atoms with van der Waals surface area (Å²) in [4.78, 5) is 24.2. The smallest absolute Gasteiger partial charge is 0.328 e. The van der Waals surface area contributed by atoms with Gasteiger partial charge in [-0.05, 0) is 13.8 Å². The van der Waals surface area contributed by atoms with Crippen LogP contribution in [0.25, 0.3) is 0 Å². The molecule has 9 heteroatoms. The predicted molar refractivity (Wildman–Crippen MR) is 68.2 cm³/mol. The van der Waals surface area contributed by atoms with Gasteiger partial charge in [0, 0.05) is 26.2 Å². The Morgan fingerprint density at radius 3 is 2.00 bits per heavy atom. The summed E-state index contributed by atoms with van der Waals surface area (Å²) >= 11 is 0. The van der Waals surface area contributed by atoms with Gasteiger partial charge in [-0.15, -0.1) is 0 Å². The fraction of sp³-hybridized carbons (Fsp3) is 0.800. The number of carbonyl (C=O) groups is 2. The third-order valence-electron chi connectivity index (χ3n) is 2.95. The first kappa shape index (κ1) is 15.7. The summed E-state index contributed by atoms with van der Waals surface area (Å²) in [5.41, 5.74) is -1.36. The Hall–Kier alpha value is -1.35. The molecule has 0 saturated carbocycles. The normalized spacial score (nSPS) is 18.2. The van der Waals surface area contributed by atoms with Crippen molar-refractivity contribution < 1.29 is 23.1 Å². The minimum atomic E-state index is -3.24. The highest BCUT2D eigenvalue weighted by atomic mass is 32.2. The number of rotatable bonds is 3. The van der Waals surface area contributed by atoms with Crippen LogP contribution in [0.2, 0.25) is 0 Å². The molecule has 0 radical (unpaired) electrons. The zero-order valence-corrected chi connectivity index (χ0v) is 12.0. The Kier molecular flexibility index (Phi) is 4.41. The van der Waals surface area contributed by atoms with Gasteiger partial charge in [0.1, 0.15) is 5.54 Å². The van der Waals surface area contributed by atoms with Gasteiger partial charge in [0.05, 0.1) is 6.26 Å². The van der Waals surface area contributed by atoms with E-state index in [4.69, 9.17) is 5.11 Å².